The summed E-state index contributed by atoms with van der Waals surface area (Å²) in [6.45, 7) is 0. The average Bonchev–Trinajstić information content (AvgIpc) is 3.11. The highest BCUT2D eigenvalue weighted by molar-refractivity contribution is 7.95. The van der Waals surface area contributed by atoms with Gasteiger partial charge in [0.15, 0.2) is 15.6 Å². The van der Waals surface area contributed by atoms with Crippen LogP contribution in [-0.2, 0) is 9.84 Å². The van der Waals surface area contributed by atoms with Crippen LogP contribution < -0.4 is 0 Å². The fraction of sp³-hybridized carbons (Fsp3) is 0.250. The summed E-state index contributed by atoms with van der Waals surface area (Å²) in [5.74, 6) is -0.273. The number of benzene rings is 1. The van der Waals surface area contributed by atoms with E-state index in [0.717, 1.165) is 11.5 Å². The van der Waals surface area contributed by atoms with E-state index in [1.165, 1.54) is 0 Å². The van der Waals surface area contributed by atoms with E-state index in [-0.39, 0.29) is 11.0 Å². The van der Waals surface area contributed by atoms with Gasteiger partial charge in [0.1, 0.15) is 0 Å². The second-order valence-corrected chi connectivity index (χ2v) is 5.94. The highest BCUT2D eigenvalue weighted by Gasteiger charge is 2.33. The third kappa shape index (κ3) is 2.58. The first-order valence-electron chi connectivity index (χ1n) is 5.11. The normalized spacial score (nSPS) is 16.5. The molecule has 2 rings (SSSR count). The molecule has 0 aliphatic heterocycles. The van der Waals surface area contributed by atoms with Crippen molar-refractivity contribution < 1.29 is 13.2 Å². The molecule has 1 saturated carbocycles. The Balaban J connectivity index is 2.11. The van der Waals surface area contributed by atoms with Crippen LogP contribution in [0, 0.1) is 0 Å². The molecule has 0 aromatic heterocycles. The standard InChI is InChI=1S/C12H12O3S/c13-12(10-4-2-1-3-5-10)8-9-16(14,15)11-6-7-11/h1-5,8-9,11H,6-7H2/b9-8+. The van der Waals surface area contributed by atoms with Gasteiger partial charge in [-0.15, -0.1) is 0 Å². The van der Waals surface area contributed by atoms with E-state index in [9.17, 15) is 13.2 Å². The van der Waals surface area contributed by atoms with Crippen molar-refractivity contribution in [2.24, 2.45) is 0 Å². The summed E-state index contributed by atoms with van der Waals surface area (Å²) in [6.07, 6.45) is 2.57. The Labute approximate surface area is 94.7 Å². The highest BCUT2D eigenvalue weighted by Crippen LogP contribution is 2.29. The van der Waals surface area contributed by atoms with Gasteiger partial charge in [-0.1, -0.05) is 30.3 Å². The molecular formula is C12H12O3S. The minimum Gasteiger partial charge on any atom is -0.289 e. The molecule has 84 valence electrons. The van der Waals surface area contributed by atoms with E-state index in [2.05, 4.69) is 0 Å². The van der Waals surface area contributed by atoms with Gasteiger partial charge < -0.3 is 0 Å². The Morgan fingerprint density at radius 2 is 1.81 bits per heavy atom. The first-order valence-corrected chi connectivity index (χ1v) is 6.72. The molecule has 0 N–H and O–H groups in total. The van der Waals surface area contributed by atoms with Crippen LogP contribution in [0.2, 0.25) is 0 Å². The lowest BCUT2D eigenvalue weighted by atomic mass is 10.1. The summed E-state index contributed by atoms with van der Waals surface area (Å²) in [5.41, 5.74) is 0.504. The van der Waals surface area contributed by atoms with Gasteiger partial charge in [0.05, 0.1) is 5.25 Å². The van der Waals surface area contributed by atoms with Crippen molar-refractivity contribution in [1.29, 1.82) is 0 Å². The summed E-state index contributed by atoms with van der Waals surface area (Å²) in [7, 11) is -3.19. The van der Waals surface area contributed by atoms with Crippen molar-refractivity contribution in [1.82, 2.24) is 0 Å². The van der Waals surface area contributed by atoms with Gasteiger partial charge in [-0.3, -0.25) is 4.79 Å². The molecule has 4 heteroatoms. The minimum atomic E-state index is -3.19. The van der Waals surface area contributed by atoms with E-state index in [1.807, 2.05) is 0 Å². The fourth-order valence-electron chi connectivity index (χ4n) is 1.36. The number of allylic oxidation sites excluding steroid dienone is 1. The van der Waals surface area contributed by atoms with Crippen molar-refractivity contribution in [3.63, 3.8) is 0 Å². The first kappa shape index (κ1) is 11.1. The van der Waals surface area contributed by atoms with E-state index in [1.54, 1.807) is 30.3 Å². The van der Waals surface area contributed by atoms with Gasteiger partial charge in [-0.05, 0) is 18.9 Å². The van der Waals surface area contributed by atoms with Crippen molar-refractivity contribution in [3.05, 3.63) is 47.4 Å². The maximum atomic E-state index is 11.6. The first-order chi connectivity index (χ1) is 7.59. The second-order valence-electron chi connectivity index (χ2n) is 3.82. The fourth-order valence-corrected chi connectivity index (χ4v) is 2.69. The van der Waals surface area contributed by atoms with Crippen LogP contribution in [0.1, 0.15) is 23.2 Å². The third-order valence-corrected chi connectivity index (χ3v) is 4.37. The molecule has 0 unspecified atom stereocenters. The summed E-state index contributed by atoms with van der Waals surface area (Å²) < 4.78 is 23.0. The quantitative estimate of drug-likeness (QED) is 0.593. The lowest BCUT2D eigenvalue weighted by molar-refractivity contribution is 0.104. The summed E-state index contributed by atoms with van der Waals surface area (Å²) in [5, 5.41) is 0.785. The van der Waals surface area contributed by atoms with E-state index < -0.39 is 9.84 Å². The van der Waals surface area contributed by atoms with Crippen LogP contribution in [0.15, 0.2) is 41.8 Å². The van der Waals surface area contributed by atoms with E-state index in [4.69, 9.17) is 0 Å². The third-order valence-electron chi connectivity index (χ3n) is 2.46. The summed E-state index contributed by atoms with van der Waals surface area (Å²) >= 11 is 0. The molecule has 0 saturated heterocycles. The predicted molar refractivity (Wildman–Crippen MR) is 61.9 cm³/mol. The van der Waals surface area contributed by atoms with Crippen LogP contribution in [0.4, 0.5) is 0 Å². The van der Waals surface area contributed by atoms with Gasteiger partial charge in [-0.2, -0.15) is 0 Å². The van der Waals surface area contributed by atoms with Gasteiger partial charge >= 0.3 is 0 Å². The number of hydrogen-bond acceptors (Lipinski definition) is 3. The zero-order valence-corrected chi connectivity index (χ0v) is 9.48. The Hall–Kier alpha value is -1.42. The Morgan fingerprint density at radius 1 is 1.19 bits per heavy atom. The molecule has 0 atom stereocenters. The van der Waals surface area contributed by atoms with Gasteiger partial charge in [-0.25, -0.2) is 8.42 Å². The van der Waals surface area contributed by atoms with E-state index >= 15 is 0 Å². The molecule has 1 aromatic carbocycles. The molecule has 0 spiro atoms. The van der Waals surface area contributed by atoms with Crippen molar-refractivity contribution in [2.75, 3.05) is 0 Å². The molecule has 1 fully saturated rings. The van der Waals surface area contributed by atoms with Gasteiger partial charge in [0.25, 0.3) is 0 Å². The summed E-state index contributed by atoms with van der Waals surface area (Å²) in [4.78, 5) is 11.6. The Kier molecular flexibility index (Phi) is 2.92. The number of sulfone groups is 1. The lowest BCUT2D eigenvalue weighted by Crippen LogP contribution is -2.03. The van der Waals surface area contributed by atoms with Crippen LogP contribution in [0.25, 0.3) is 0 Å². The summed E-state index contributed by atoms with van der Waals surface area (Å²) in [6, 6.07) is 8.63. The van der Waals surface area contributed by atoms with E-state index in [0.29, 0.717) is 18.4 Å². The number of rotatable bonds is 4. The topological polar surface area (TPSA) is 51.2 Å². The zero-order valence-electron chi connectivity index (χ0n) is 8.67. The van der Waals surface area contributed by atoms with Crippen molar-refractivity contribution in [3.8, 4) is 0 Å². The SMILES string of the molecule is O=C(/C=C/S(=O)(=O)C1CC1)c1ccccc1. The lowest BCUT2D eigenvalue weighted by Gasteiger charge is -1.95. The van der Waals surface area contributed by atoms with Crippen molar-refractivity contribution in [2.45, 2.75) is 18.1 Å². The molecule has 16 heavy (non-hydrogen) atoms. The van der Waals surface area contributed by atoms with Gasteiger partial charge in [0, 0.05) is 11.0 Å². The molecule has 1 aromatic rings. The Bertz CT molecular complexity index is 510. The number of carbonyl (C=O) groups excluding carboxylic acids is 1. The maximum Gasteiger partial charge on any atom is 0.186 e. The van der Waals surface area contributed by atoms with Crippen LogP contribution in [0.3, 0.4) is 0 Å². The monoisotopic (exact) mass is 236 g/mol. The molecule has 0 heterocycles. The molecule has 1 aliphatic carbocycles. The van der Waals surface area contributed by atoms with Crippen LogP contribution >= 0.6 is 0 Å². The number of carbonyl (C=O) groups is 1. The molecule has 0 radical (unpaired) electrons. The van der Waals surface area contributed by atoms with Gasteiger partial charge in [0.2, 0.25) is 0 Å². The maximum absolute atomic E-state index is 11.6. The molecule has 1 aliphatic rings. The number of ketones is 1. The largest absolute Gasteiger partial charge is 0.289 e. The van der Waals surface area contributed by atoms with Crippen LogP contribution in [-0.4, -0.2) is 19.5 Å². The molecule has 3 nitrogen and oxygen atoms in total. The minimum absolute atomic E-state index is 0.257. The second kappa shape index (κ2) is 4.22. The molecule has 0 amide bonds. The number of hydrogen-bond donors (Lipinski definition) is 0. The highest BCUT2D eigenvalue weighted by atomic mass is 32.2. The average molecular weight is 236 g/mol. The zero-order chi connectivity index (χ0) is 11.6. The molecule has 0 bridgehead atoms. The molecular weight excluding hydrogens is 224 g/mol. The smallest absolute Gasteiger partial charge is 0.186 e. The van der Waals surface area contributed by atoms with Crippen molar-refractivity contribution >= 4 is 15.6 Å². The Morgan fingerprint density at radius 3 is 2.38 bits per heavy atom. The van der Waals surface area contributed by atoms with Crippen LogP contribution in [0.5, 0.6) is 0 Å². The predicted octanol–water partition coefficient (Wildman–Crippen LogP) is 1.96.